The third-order valence-corrected chi connectivity index (χ3v) is 4.82. The zero-order chi connectivity index (χ0) is 19.7. The van der Waals surface area contributed by atoms with Crippen LogP contribution in [0.3, 0.4) is 0 Å². The highest BCUT2D eigenvalue weighted by Crippen LogP contribution is 2.34. The van der Waals surface area contributed by atoms with Crippen LogP contribution in [-0.4, -0.2) is 27.3 Å². The summed E-state index contributed by atoms with van der Waals surface area (Å²) >= 11 is 3.45. The van der Waals surface area contributed by atoms with E-state index < -0.39 is 11.6 Å². The molecule has 0 fully saturated rings. The van der Waals surface area contributed by atoms with Gasteiger partial charge in [-0.2, -0.15) is 10.1 Å². The second-order valence-electron chi connectivity index (χ2n) is 5.95. The lowest BCUT2D eigenvalue weighted by Gasteiger charge is -2.09. The number of aromatic nitrogens is 4. The number of nitrogens with one attached hydrogen (secondary N) is 2. The minimum absolute atomic E-state index is 0.0724. The number of anilines is 2. The molecule has 0 aliphatic carbocycles. The Labute approximate surface area is 167 Å². The number of hydrogen-bond acceptors (Lipinski definition) is 5. The summed E-state index contributed by atoms with van der Waals surface area (Å²) in [5.41, 5.74) is 3.10. The molecule has 6 nitrogen and oxygen atoms in total. The van der Waals surface area contributed by atoms with Crippen LogP contribution in [0.5, 0.6) is 5.75 Å². The quantitative estimate of drug-likeness (QED) is 0.425. The molecule has 0 aliphatic rings. The Hall–Kier alpha value is -3.07. The molecule has 0 radical (unpaired) electrons. The van der Waals surface area contributed by atoms with Gasteiger partial charge in [0.1, 0.15) is 17.4 Å². The van der Waals surface area contributed by atoms with Crippen molar-refractivity contribution in [3.63, 3.8) is 0 Å². The van der Waals surface area contributed by atoms with Crippen molar-refractivity contribution in [3.8, 4) is 17.0 Å². The SMILES string of the molecule is COc1ccc(CBr)cc1-c1[nH]nc2nc(Nc3ccc(F)cc3F)ncc12. The minimum Gasteiger partial charge on any atom is -0.496 e. The summed E-state index contributed by atoms with van der Waals surface area (Å²) in [6.07, 6.45) is 1.59. The number of nitrogens with zero attached hydrogens (tertiary/aromatic N) is 3. The maximum absolute atomic E-state index is 13.8. The van der Waals surface area contributed by atoms with Gasteiger partial charge in [-0.3, -0.25) is 5.10 Å². The van der Waals surface area contributed by atoms with Crippen LogP contribution in [0.1, 0.15) is 5.56 Å². The number of H-pyrrole nitrogens is 1. The van der Waals surface area contributed by atoms with Crippen LogP contribution in [0.15, 0.2) is 42.6 Å². The molecule has 0 saturated heterocycles. The molecule has 0 aliphatic heterocycles. The van der Waals surface area contributed by atoms with E-state index in [0.717, 1.165) is 23.3 Å². The number of benzene rings is 2. The van der Waals surface area contributed by atoms with Gasteiger partial charge in [-0.05, 0) is 29.8 Å². The lowest BCUT2D eigenvalue weighted by atomic mass is 10.1. The smallest absolute Gasteiger partial charge is 0.229 e. The first kappa shape index (κ1) is 18.3. The van der Waals surface area contributed by atoms with E-state index in [2.05, 4.69) is 41.4 Å². The number of halogens is 3. The van der Waals surface area contributed by atoms with Crippen molar-refractivity contribution in [2.45, 2.75) is 5.33 Å². The zero-order valence-corrected chi connectivity index (χ0v) is 16.2. The van der Waals surface area contributed by atoms with E-state index >= 15 is 0 Å². The van der Waals surface area contributed by atoms with Crippen LogP contribution in [0, 0.1) is 11.6 Å². The summed E-state index contributed by atoms with van der Waals surface area (Å²) in [7, 11) is 1.60. The van der Waals surface area contributed by atoms with Crippen LogP contribution in [0.4, 0.5) is 20.4 Å². The molecule has 0 saturated carbocycles. The first-order valence-electron chi connectivity index (χ1n) is 8.25. The van der Waals surface area contributed by atoms with Gasteiger partial charge < -0.3 is 10.1 Å². The van der Waals surface area contributed by atoms with Gasteiger partial charge in [-0.15, -0.1) is 0 Å². The summed E-state index contributed by atoms with van der Waals surface area (Å²) in [4.78, 5) is 8.53. The maximum atomic E-state index is 13.8. The number of aromatic amines is 1. The van der Waals surface area contributed by atoms with Gasteiger partial charge in [0, 0.05) is 23.2 Å². The third-order valence-electron chi connectivity index (χ3n) is 4.18. The summed E-state index contributed by atoms with van der Waals surface area (Å²) in [5, 5.41) is 11.3. The summed E-state index contributed by atoms with van der Waals surface area (Å²) < 4.78 is 32.3. The largest absolute Gasteiger partial charge is 0.496 e. The standard InChI is InChI=1S/C19H14BrF2N5O/c1-28-16-5-2-10(8-20)6-12(16)17-13-9-23-19(25-18(13)27-26-17)24-15-4-3-11(21)7-14(15)22/h2-7,9H,8H2,1H3,(H2,23,24,25,26,27). The molecule has 0 atom stereocenters. The van der Waals surface area contributed by atoms with Crippen molar-refractivity contribution in [2.75, 3.05) is 12.4 Å². The fourth-order valence-corrected chi connectivity index (χ4v) is 3.16. The fourth-order valence-electron chi connectivity index (χ4n) is 2.81. The van der Waals surface area contributed by atoms with Crippen LogP contribution in [-0.2, 0) is 5.33 Å². The van der Waals surface area contributed by atoms with Gasteiger partial charge in [-0.1, -0.05) is 22.0 Å². The summed E-state index contributed by atoms with van der Waals surface area (Å²) in [5.74, 6) is -0.554. The van der Waals surface area contributed by atoms with Crippen molar-refractivity contribution in [1.29, 1.82) is 0 Å². The highest BCUT2D eigenvalue weighted by Gasteiger charge is 2.15. The maximum Gasteiger partial charge on any atom is 0.229 e. The van der Waals surface area contributed by atoms with Crippen LogP contribution >= 0.6 is 15.9 Å². The van der Waals surface area contributed by atoms with Crippen LogP contribution < -0.4 is 10.1 Å². The molecule has 2 aromatic carbocycles. The highest BCUT2D eigenvalue weighted by atomic mass is 79.9. The molecule has 9 heteroatoms. The Balaban J connectivity index is 1.73. The van der Waals surface area contributed by atoms with E-state index in [4.69, 9.17) is 4.74 Å². The van der Waals surface area contributed by atoms with E-state index in [1.54, 1.807) is 13.3 Å². The van der Waals surface area contributed by atoms with E-state index in [0.29, 0.717) is 27.8 Å². The Morgan fingerprint density at radius 3 is 2.79 bits per heavy atom. The molecule has 28 heavy (non-hydrogen) atoms. The van der Waals surface area contributed by atoms with Crippen LogP contribution in [0.2, 0.25) is 0 Å². The van der Waals surface area contributed by atoms with Crippen molar-refractivity contribution in [3.05, 3.63) is 59.8 Å². The van der Waals surface area contributed by atoms with Gasteiger partial charge in [-0.25, -0.2) is 13.8 Å². The summed E-state index contributed by atoms with van der Waals surface area (Å²) in [6.45, 7) is 0. The number of ether oxygens (including phenoxy) is 1. The number of methoxy groups -OCH3 is 1. The molecule has 0 spiro atoms. The average molecular weight is 446 g/mol. The molecule has 142 valence electrons. The molecule has 0 unspecified atom stereocenters. The minimum atomic E-state index is -0.734. The lowest BCUT2D eigenvalue weighted by Crippen LogP contribution is -1.99. The monoisotopic (exact) mass is 445 g/mol. The Kier molecular flexibility index (Phi) is 4.91. The number of hydrogen-bond donors (Lipinski definition) is 2. The fraction of sp³-hybridized carbons (Fsp3) is 0.105. The van der Waals surface area contributed by atoms with Gasteiger partial charge in [0.2, 0.25) is 5.95 Å². The van der Waals surface area contributed by atoms with Crippen molar-refractivity contribution in [2.24, 2.45) is 0 Å². The van der Waals surface area contributed by atoms with E-state index in [1.165, 1.54) is 6.07 Å². The third kappa shape index (κ3) is 3.40. The van der Waals surface area contributed by atoms with Crippen molar-refractivity contribution < 1.29 is 13.5 Å². The Bertz CT molecular complexity index is 1160. The first-order valence-corrected chi connectivity index (χ1v) is 9.37. The van der Waals surface area contributed by atoms with E-state index in [9.17, 15) is 8.78 Å². The van der Waals surface area contributed by atoms with Gasteiger partial charge >= 0.3 is 0 Å². The van der Waals surface area contributed by atoms with Crippen molar-refractivity contribution >= 4 is 38.6 Å². The van der Waals surface area contributed by atoms with Crippen molar-refractivity contribution in [1.82, 2.24) is 20.2 Å². The molecular weight excluding hydrogens is 432 g/mol. The van der Waals surface area contributed by atoms with E-state index in [1.807, 2.05) is 18.2 Å². The Morgan fingerprint density at radius 2 is 2.04 bits per heavy atom. The average Bonchev–Trinajstić information content (AvgIpc) is 3.12. The molecule has 0 amide bonds. The molecule has 2 heterocycles. The normalized spacial score (nSPS) is 11.0. The highest BCUT2D eigenvalue weighted by molar-refractivity contribution is 9.08. The zero-order valence-electron chi connectivity index (χ0n) is 14.6. The topological polar surface area (TPSA) is 75.7 Å². The predicted octanol–water partition coefficient (Wildman–Crippen LogP) is 4.95. The first-order chi connectivity index (χ1) is 13.6. The number of alkyl halides is 1. The number of fused-ring (bicyclic) bond motifs is 1. The molecule has 0 bridgehead atoms. The lowest BCUT2D eigenvalue weighted by molar-refractivity contribution is 0.416. The van der Waals surface area contributed by atoms with E-state index in [-0.39, 0.29) is 11.6 Å². The van der Waals surface area contributed by atoms with Gasteiger partial charge in [0.05, 0.1) is 23.9 Å². The van der Waals surface area contributed by atoms with Gasteiger partial charge in [0.25, 0.3) is 0 Å². The second kappa shape index (κ2) is 7.51. The molecule has 2 aromatic heterocycles. The van der Waals surface area contributed by atoms with Crippen LogP contribution in [0.25, 0.3) is 22.3 Å². The second-order valence-corrected chi connectivity index (χ2v) is 6.51. The van der Waals surface area contributed by atoms with Gasteiger partial charge in [0.15, 0.2) is 5.65 Å². The summed E-state index contributed by atoms with van der Waals surface area (Å²) in [6, 6.07) is 9.06. The molecular formula is C19H14BrF2N5O. The number of rotatable bonds is 5. The molecule has 4 rings (SSSR count). The molecule has 4 aromatic rings. The molecule has 2 N–H and O–H groups in total. The predicted molar refractivity (Wildman–Crippen MR) is 106 cm³/mol. The Morgan fingerprint density at radius 1 is 1.18 bits per heavy atom.